The average Bonchev–Trinajstić information content (AvgIpc) is 2.72. The molecule has 2 aromatic rings. The van der Waals surface area contributed by atoms with Gasteiger partial charge in [0, 0.05) is 10.9 Å². The standard InChI is InChI=1S/C13H10F2OS/c1-7-3-4-9(12(15)11(7)14)13(16)10-6-17-5-8(10)2/h3-6H,1-2H3. The van der Waals surface area contributed by atoms with E-state index in [4.69, 9.17) is 0 Å². The Morgan fingerprint density at radius 1 is 1.00 bits per heavy atom. The predicted molar refractivity (Wildman–Crippen MR) is 63.6 cm³/mol. The van der Waals surface area contributed by atoms with Crippen molar-refractivity contribution in [2.45, 2.75) is 13.8 Å². The van der Waals surface area contributed by atoms with Gasteiger partial charge in [-0.25, -0.2) is 8.78 Å². The van der Waals surface area contributed by atoms with E-state index in [1.807, 2.05) is 0 Å². The van der Waals surface area contributed by atoms with Gasteiger partial charge in [0.2, 0.25) is 0 Å². The Balaban J connectivity index is 2.53. The van der Waals surface area contributed by atoms with Crippen molar-refractivity contribution in [3.63, 3.8) is 0 Å². The normalized spacial score (nSPS) is 10.6. The van der Waals surface area contributed by atoms with Crippen molar-refractivity contribution >= 4 is 17.1 Å². The summed E-state index contributed by atoms with van der Waals surface area (Å²) in [6, 6.07) is 2.74. The molecule has 0 unspecified atom stereocenters. The van der Waals surface area contributed by atoms with E-state index in [1.54, 1.807) is 17.7 Å². The summed E-state index contributed by atoms with van der Waals surface area (Å²) < 4.78 is 27.0. The van der Waals surface area contributed by atoms with Gasteiger partial charge in [-0.2, -0.15) is 11.3 Å². The van der Waals surface area contributed by atoms with E-state index in [9.17, 15) is 13.6 Å². The molecule has 0 bridgehead atoms. The molecular weight excluding hydrogens is 242 g/mol. The number of hydrogen-bond donors (Lipinski definition) is 0. The fourth-order valence-corrected chi connectivity index (χ4v) is 2.39. The highest BCUT2D eigenvalue weighted by Gasteiger charge is 2.20. The van der Waals surface area contributed by atoms with Crippen LogP contribution in [0, 0.1) is 25.5 Å². The molecule has 88 valence electrons. The average molecular weight is 252 g/mol. The third-order valence-electron chi connectivity index (χ3n) is 2.62. The van der Waals surface area contributed by atoms with Crippen LogP contribution in [-0.2, 0) is 0 Å². The number of ketones is 1. The maximum atomic E-state index is 13.6. The first-order chi connectivity index (χ1) is 8.02. The molecule has 0 N–H and O–H groups in total. The first-order valence-electron chi connectivity index (χ1n) is 5.04. The Morgan fingerprint density at radius 2 is 1.71 bits per heavy atom. The van der Waals surface area contributed by atoms with E-state index < -0.39 is 17.4 Å². The van der Waals surface area contributed by atoms with Crippen LogP contribution in [0.4, 0.5) is 8.78 Å². The summed E-state index contributed by atoms with van der Waals surface area (Å²) in [5.74, 6) is -2.50. The van der Waals surface area contributed by atoms with Gasteiger partial charge < -0.3 is 0 Å². The first-order valence-corrected chi connectivity index (χ1v) is 5.98. The third kappa shape index (κ3) is 2.00. The second-order valence-corrected chi connectivity index (χ2v) is 4.60. The van der Waals surface area contributed by atoms with Crippen LogP contribution in [0.5, 0.6) is 0 Å². The number of aryl methyl sites for hydroxylation is 2. The van der Waals surface area contributed by atoms with Crippen molar-refractivity contribution in [2.75, 3.05) is 0 Å². The Morgan fingerprint density at radius 3 is 2.29 bits per heavy atom. The van der Waals surface area contributed by atoms with Crippen molar-refractivity contribution in [1.29, 1.82) is 0 Å². The van der Waals surface area contributed by atoms with E-state index in [1.165, 1.54) is 30.4 Å². The van der Waals surface area contributed by atoms with Crippen molar-refractivity contribution < 1.29 is 13.6 Å². The number of carbonyl (C=O) groups excluding carboxylic acids is 1. The molecule has 0 saturated heterocycles. The Bertz CT molecular complexity index is 587. The maximum Gasteiger partial charge on any atom is 0.197 e. The zero-order valence-corrected chi connectivity index (χ0v) is 10.2. The summed E-state index contributed by atoms with van der Waals surface area (Å²) in [5, 5.41) is 3.45. The number of thiophene rings is 1. The van der Waals surface area contributed by atoms with E-state index >= 15 is 0 Å². The van der Waals surface area contributed by atoms with Gasteiger partial charge in [-0.05, 0) is 36.4 Å². The van der Waals surface area contributed by atoms with Gasteiger partial charge in [0.25, 0.3) is 0 Å². The maximum absolute atomic E-state index is 13.6. The minimum Gasteiger partial charge on any atom is -0.288 e. The van der Waals surface area contributed by atoms with E-state index in [0.29, 0.717) is 5.56 Å². The summed E-state index contributed by atoms with van der Waals surface area (Å²) >= 11 is 1.37. The molecule has 0 aliphatic rings. The molecule has 0 aliphatic carbocycles. The number of hydrogen-bond acceptors (Lipinski definition) is 2. The first kappa shape index (κ1) is 11.9. The van der Waals surface area contributed by atoms with Gasteiger partial charge in [-0.3, -0.25) is 4.79 Å². The lowest BCUT2D eigenvalue weighted by atomic mass is 10.0. The van der Waals surface area contributed by atoms with Gasteiger partial charge in [0.15, 0.2) is 17.4 Å². The minimum atomic E-state index is -1.07. The molecule has 0 spiro atoms. The molecule has 0 amide bonds. The van der Waals surface area contributed by atoms with Crippen LogP contribution in [0.15, 0.2) is 22.9 Å². The Hall–Kier alpha value is -1.55. The Labute approximate surface area is 102 Å². The monoisotopic (exact) mass is 252 g/mol. The van der Waals surface area contributed by atoms with Crippen LogP contribution in [0.2, 0.25) is 0 Å². The van der Waals surface area contributed by atoms with E-state index in [0.717, 1.165) is 5.56 Å². The van der Waals surface area contributed by atoms with Gasteiger partial charge >= 0.3 is 0 Å². The van der Waals surface area contributed by atoms with Gasteiger partial charge in [-0.1, -0.05) is 6.07 Å². The number of benzene rings is 1. The molecule has 0 radical (unpaired) electrons. The molecule has 1 aromatic heterocycles. The SMILES string of the molecule is Cc1cscc1C(=O)c1ccc(C)c(F)c1F. The number of carbonyl (C=O) groups is 1. The molecule has 1 aromatic carbocycles. The van der Waals surface area contributed by atoms with Crippen molar-refractivity contribution in [1.82, 2.24) is 0 Å². The third-order valence-corrected chi connectivity index (χ3v) is 3.48. The molecule has 2 rings (SSSR count). The number of halogens is 2. The van der Waals surface area contributed by atoms with Gasteiger partial charge in [0.05, 0.1) is 5.56 Å². The molecule has 0 atom stereocenters. The summed E-state index contributed by atoms with van der Waals surface area (Å²) in [6.07, 6.45) is 0. The smallest absolute Gasteiger partial charge is 0.197 e. The molecule has 0 saturated carbocycles. The fraction of sp³-hybridized carbons (Fsp3) is 0.154. The van der Waals surface area contributed by atoms with Gasteiger partial charge in [-0.15, -0.1) is 0 Å². The highest BCUT2D eigenvalue weighted by Crippen LogP contribution is 2.22. The second-order valence-electron chi connectivity index (χ2n) is 3.86. The lowest BCUT2D eigenvalue weighted by molar-refractivity contribution is 0.103. The highest BCUT2D eigenvalue weighted by molar-refractivity contribution is 7.08. The largest absolute Gasteiger partial charge is 0.288 e. The van der Waals surface area contributed by atoms with Crippen LogP contribution in [0.1, 0.15) is 27.0 Å². The molecule has 4 heteroatoms. The molecule has 0 fully saturated rings. The summed E-state index contributed by atoms with van der Waals surface area (Å²) in [7, 11) is 0. The van der Waals surface area contributed by atoms with E-state index in [2.05, 4.69) is 0 Å². The minimum absolute atomic E-state index is 0.195. The molecule has 1 heterocycles. The molecule has 1 nitrogen and oxygen atoms in total. The molecular formula is C13H10F2OS. The second kappa shape index (κ2) is 4.37. The zero-order chi connectivity index (χ0) is 12.6. The van der Waals surface area contributed by atoms with Crippen LogP contribution in [-0.4, -0.2) is 5.78 Å². The van der Waals surface area contributed by atoms with Crippen molar-refractivity contribution in [3.05, 3.63) is 56.8 Å². The van der Waals surface area contributed by atoms with Crippen LogP contribution in [0.25, 0.3) is 0 Å². The van der Waals surface area contributed by atoms with Crippen molar-refractivity contribution in [3.8, 4) is 0 Å². The highest BCUT2D eigenvalue weighted by atomic mass is 32.1. The topological polar surface area (TPSA) is 17.1 Å². The molecule has 17 heavy (non-hydrogen) atoms. The van der Waals surface area contributed by atoms with E-state index in [-0.39, 0.29) is 11.1 Å². The molecule has 0 aliphatic heterocycles. The van der Waals surface area contributed by atoms with Crippen molar-refractivity contribution in [2.24, 2.45) is 0 Å². The summed E-state index contributed by atoms with van der Waals surface area (Å²) in [6.45, 7) is 3.23. The van der Waals surface area contributed by atoms with Crippen LogP contribution in [0.3, 0.4) is 0 Å². The van der Waals surface area contributed by atoms with Crippen LogP contribution >= 0.6 is 11.3 Å². The summed E-state index contributed by atoms with van der Waals surface area (Å²) in [5.41, 5.74) is 1.19. The van der Waals surface area contributed by atoms with Gasteiger partial charge in [0.1, 0.15) is 0 Å². The summed E-state index contributed by atoms with van der Waals surface area (Å²) in [4.78, 5) is 12.0. The predicted octanol–water partition coefficient (Wildman–Crippen LogP) is 3.87. The lowest BCUT2D eigenvalue weighted by Gasteiger charge is -2.05. The quantitative estimate of drug-likeness (QED) is 0.741. The zero-order valence-electron chi connectivity index (χ0n) is 9.38. The van der Waals surface area contributed by atoms with Crippen LogP contribution < -0.4 is 0 Å². The Kier molecular flexibility index (Phi) is 3.07. The lowest BCUT2D eigenvalue weighted by Crippen LogP contribution is -2.07. The fourth-order valence-electron chi connectivity index (χ4n) is 1.56. The number of rotatable bonds is 2.